The van der Waals surface area contributed by atoms with Gasteiger partial charge in [0.15, 0.2) is 0 Å². The van der Waals surface area contributed by atoms with Crippen molar-refractivity contribution in [3.63, 3.8) is 0 Å². The van der Waals surface area contributed by atoms with E-state index < -0.39 is 0 Å². The molecule has 1 aromatic heterocycles. The first-order valence-electron chi connectivity index (χ1n) is 7.51. The van der Waals surface area contributed by atoms with Crippen molar-refractivity contribution in [1.29, 1.82) is 0 Å². The quantitative estimate of drug-likeness (QED) is 0.724. The third-order valence-electron chi connectivity index (χ3n) is 3.66. The summed E-state index contributed by atoms with van der Waals surface area (Å²) in [6.45, 7) is 0.611. The van der Waals surface area contributed by atoms with Crippen LogP contribution in [0.3, 0.4) is 0 Å². The van der Waals surface area contributed by atoms with Gasteiger partial charge in [-0.1, -0.05) is 36.4 Å². The lowest BCUT2D eigenvalue weighted by Crippen LogP contribution is -2.35. The minimum Gasteiger partial charge on any atom is -0.352 e. The summed E-state index contributed by atoms with van der Waals surface area (Å²) in [6.07, 6.45) is 1.78. The summed E-state index contributed by atoms with van der Waals surface area (Å²) >= 11 is 1.58. The van der Waals surface area contributed by atoms with Gasteiger partial charge < -0.3 is 5.32 Å². The molecule has 0 saturated heterocycles. The molecule has 4 rings (SSSR count). The predicted octanol–water partition coefficient (Wildman–Crippen LogP) is 2.91. The first-order valence-corrected chi connectivity index (χ1v) is 8.39. The summed E-state index contributed by atoms with van der Waals surface area (Å²) in [5, 5.41) is 5.89. The molecule has 0 spiro atoms. The first kappa shape index (κ1) is 14.6. The van der Waals surface area contributed by atoms with Gasteiger partial charge in [-0.25, -0.2) is 9.98 Å². The molecule has 0 fully saturated rings. The third-order valence-corrected chi connectivity index (χ3v) is 4.45. The lowest BCUT2D eigenvalue weighted by molar-refractivity contribution is -0.115. The molecule has 1 amide bonds. The van der Waals surface area contributed by atoms with Gasteiger partial charge in [-0.05, 0) is 29.3 Å². The van der Waals surface area contributed by atoms with E-state index in [0.717, 1.165) is 21.3 Å². The zero-order valence-electron chi connectivity index (χ0n) is 12.7. The number of guanidine groups is 1. The summed E-state index contributed by atoms with van der Waals surface area (Å²) in [4.78, 5) is 20.7. The highest BCUT2D eigenvalue weighted by Crippen LogP contribution is 2.21. The van der Waals surface area contributed by atoms with Crippen LogP contribution < -0.4 is 10.6 Å². The number of nitrogens with zero attached hydrogens (tertiary/aromatic N) is 2. The Kier molecular flexibility index (Phi) is 3.80. The van der Waals surface area contributed by atoms with Crippen LogP contribution in [0, 0.1) is 0 Å². The number of hydrogen-bond donors (Lipinski definition) is 2. The molecule has 1 aliphatic heterocycles. The Morgan fingerprint density at radius 1 is 1.17 bits per heavy atom. The molecule has 0 aliphatic carbocycles. The van der Waals surface area contributed by atoms with Crippen LogP contribution >= 0.6 is 11.3 Å². The molecule has 0 atom stereocenters. The van der Waals surface area contributed by atoms with Gasteiger partial charge in [0.1, 0.15) is 5.70 Å². The molecular weight excluding hydrogens is 320 g/mol. The number of amides is 1. The predicted molar refractivity (Wildman–Crippen MR) is 96.5 cm³/mol. The van der Waals surface area contributed by atoms with E-state index in [2.05, 4.69) is 20.6 Å². The van der Waals surface area contributed by atoms with Gasteiger partial charge in [-0.2, -0.15) is 0 Å². The Labute approximate surface area is 142 Å². The van der Waals surface area contributed by atoms with Crippen LogP contribution in [0.4, 0.5) is 0 Å². The smallest absolute Gasteiger partial charge is 0.276 e. The molecule has 118 valence electrons. The van der Waals surface area contributed by atoms with E-state index in [-0.39, 0.29) is 5.91 Å². The van der Waals surface area contributed by atoms with Crippen LogP contribution in [0.1, 0.15) is 11.1 Å². The van der Waals surface area contributed by atoms with Crippen molar-refractivity contribution >= 4 is 39.5 Å². The Morgan fingerprint density at radius 2 is 2.04 bits per heavy atom. The molecule has 2 heterocycles. The zero-order chi connectivity index (χ0) is 16.4. The standard InChI is InChI=1S/C18H14N4OS/c23-17-15(8-13-6-7-14-16(9-13)24-11-20-14)21-18(22-17)19-10-12-4-2-1-3-5-12/h1-9,11H,10H2,(H2,19,21,22,23). The average Bonchev–Trinajstić information content (AvgIpc) is 3.20. The van der Waals surface area contributed by atoms with E-state index in [1.54, 1.807) is 17.4 Å². The normalized spacial score (nSPS) is 15.6. The van der Waals surface area contributed by atoms with Gasteiger partial charge in [0, 0.05) is 6.54 Å². The molecular formula is C18H14N4OS. The average molecular weight is 334 g/mol. The second-order valence-electron chi connectivity index (χ2n) is 5.36. The Hall–Kier alpha value is -2.99. The molecule has 6 heteroatoms. The molecule has 0 radical (unpaired) electrons. The largest absolute Gasteiger partial charge is 0.352 e. The minimum atomic E-state index is -0.199. The second kappa shape index (κ2) is 6.25. The number of fused-ring (bicyclic) bond motifs is 1. The molecule has 2 aromatic carbocycles. The number of nitrogens with one attached hydrogen (secondary N) is 2. The van der Waals surface area contributed by atoms with Crippen molar-refractivity contribution in [3.05, 3.63) is 70.9 Å². The maximum atomic E-state index is 12.1. The Balaban J connectivity index is 1.52. The summed E-state index contributed by atoms with van der Waals surface area (Å²) < 4.78 is 1.09. The monoisotopic (exact) mass is 334 g/mol. The van der Waals surface area contributed by atoms with E-state index in [0.29, 0.717) is 18.2 Å². The summed E-state index contributed by atoms with van der Waals surface area (Å²) in [7, 11) is 0. The number of hydrogen-bond acceptors (Lipinski definition) is 5. The van der Waals surface area contributed by atoms with Gasteiger partial charge in [-0.3, -0.25) is 10.1 Å². The molecule has 2 N–H and O–H groups in total. The molecule has 1 aliphatic rings. The van der Waals surface area contributed by atoms with Crippen molar-refractivity contribution < 1.29 is 4.79 Å². The SMILES string of the molecule is O=C1NC(NCc2ccccc2)=NC1=Cc1ccc2ncsc2c1. The first-order chi connectivity index (χ1) is 11.8. The topological polar surface area (TPSA) is 66.4 Å². The van der Waals surface area contributed by atoms with E-state index in [1.807, 2.05) is 54.0 Å². The van der Waals surface area contributed by atoms with Crippen LogP contribution in [-0.2, 0) is 11.3 Å². The number of aliphatic imine (C=N–C) groups is 1. The van der Waals surface area contributed by atoms with Crippen molar-refractivity contribution in [2.75, 3.05) is 0 Å². The van der Waals surface area contributed by atoms with Crippen molar-refractivity contribution in [1.82, 2.24) is 15.6 Å². The van der Waals surface area contributed by atoms with Crippen molar-refractivity contribution in [2.45, 2.75) is 6.54 Å². The lowest BCUT2D eigenvalue weighted by Gasteiger charge is -2.04. The van der Waals surface area contributed by atoms with Crippen LogP contribution in [0.25, 0.3) is 16.3 Å². The van der Waals surface area contributed by atoms with E-state index >= 15 is 0 Å². The van der Waals surface area contributed by atoms with Crippen molar-refractivity contribution in [3.8, 4) is 0 Å². The third kappa shape index (κ3) is 3.04. The highest BCUT2D eigenvalue weighted by atomic mass is 32.1. The molecule has 0 unspecified atom stereocenters. The zero-order valence-corrected chi connectivity index (χ0v) is 13.5. The number of carbonyl (C=O) groups excluding carboxylic acids is 1. The van der Waals surface area contributed by atoms with E-state index in [4.69, 9.17) is 0 Å². The van der Waals surface area contributed by atoms with Crippen LogP contribution in [0.2, 0.25) is 0 Å². The Bertz CT molecular complexity index is 959. The number of benzene rings is 2. The number of rotatable bonds is 3. The summed E-state index contributed by atoms with van der Waals surface area (Å²) in [6, 6.07) is 15.9. The van der Waals surface area contributed by atoms with Crippen LogP contribution in [-0.4, -0.2) is 16.9 Å². The van der Waals surface area contributed by atoms with Crippen LogP contribution in [0.5, 0.6) is 0 Å². The van der Waals surface area contributed by atoms with Crippen LogP contribution in [0.15, 0.2) is 64.7 Å². The summed E-state index contributed by atoms with van der Waals surface area (Å²) in [5.41, 5.74) is 5.24. The number of carbonyl (C=O) groups is 1. The maximum Gasteiger partial charge on any atom is 0.276 e. The van der Waals surface area contributed by atoms with Gasteiger partial charge in [-0.15, -0.1) is 11.3 Å². The minimum absolute atomic E-state index is 0.199. The van der Waals surface area contributed by atoms with Gasteiger partial charge in [0.25, 0.3) is 5.91 Å². The van der Waals surface area contributed by atoms with Crippen molar-refractivity contribution in [2.24, 2.45) is 4.99 Å². The van der Waals surface area contributed by atoms with E-state index in [9.17, 15) is 4.79 Å². The fourth-order valence-electron chi connectivity index (χ4n) is 2.45. The fraction of sp³-hybridized carbons (Fsp3) is 0.0556. The van der Waals surface area contributed by atoms with Gasteiger partial charge >= 0.3 is 0 Å². The Morgan fingerprint density at radius 3 is 2.92 bits per heavy atom. The highest BCUT2D eigenvalue weighted by molar-refractivity contribution is 7.16. The number of aromatic nitrogens is 1. The molecule has 0 saturated carbocycles. The molecule has 5 nitrogen and oxygen atoms in total. The van der Waals surface area contributed by atoms with Gasteiger partial charge in [0.2, 0.25) is 5.96 Å². The highest BCUT2D eigenvalue weighted by Gasteiger charge is 2.19. The lowest BCUT2D eigenvalue weighted by atomic mass is 10.2. The molecule has 24 heavy (non-hydrogen) atoms. The number of thiazole rings is 1. The molecule has 3 aromatic rings. The molecule has 0 bridgehead atoms. The van der Waals surface area contributed by atoms with Gasteiger partial charge in [0.05, 0.1) is 15.7 Å². The second-order valence-corrected chi connectivity index (χ2v) is 6.25. The van der Waals surface area contributed by atoms with E-state index in [1.165, 1.54) is 0 Å². The maximum absolute atomic E-state index is 12.1. The fourth-order valence-corrected chi connectivity index (χ4v) is 3.18. The summed E-state index contributed by atoms with van der Waals surface area (Å²) in [5.74, 6) is 0.281.